The van der Waals surface area contributed by atoms with Gasteiger partial charge in [-0.05, 0) is 17.3 Å². The average Bonchev–Trinajstić information content (AvgIpc) is 2.09. The van der Waals surface area contributed by atoms with E-state index in [2.05, 4.69) is 4.84 Å². The molecule has 1 aromatic rings. The van der Waals surface area contributed by atoms with Crippen molar-refractivity contribution in [2.45, 2.75) is 6.04 Å². The molecular weight excluding hydrogens is 181 g/mol. The van der Waals surface area contributed by atoms with Gasteiger partial charge >= 0.3 is 0 Å². The van der Waals surface area contributed by atoms with Crippen LogP contribution in [0.1, 0.15) is 11.6 Å². The van der Waals surface area contributed by atoms with Crippen molar-refractivity contribution in [2.24, 2.45) is 0 Å². The zero-order valence-corrected chi connectivity index (χ0v) is 7.44. The first-order valence-corrected chi connectivity index (χ1v) is 4.27. The molecule has 1 rings (SSSR count). The predicted molar refractivity (Wildman–Crippen MR) is 48.9 cm³/mol. The maximum Gasteiger partial charge on any atom is 0.0605 e. The van der Waals surface area contributed by atoms with Gasteiger partial charge in [0.2, 0.25) is 0 Å². The Kier molecular flexibility index (Phi) is 3.70. The van der Waals surface area contributed by atoms with E-state index in [4.69, 9.17) is 23.4 Å². The van der Waals surface area contributed by atoms with E-state index >= 15 is 0 Å². The number of alkyl halides is 1. The lowest BCUT2D eigenvalue weighted by Gasteiger charge is -2.10. The summed E-state index contributed by atoms with van der Waals surface area (Å²) in [4.78, 5) is 2.61. The summed E-state index contributed by atoms with van der Waals surface area (Å²) in [5, 5.41) is 0. The number of nitrogens with one attached hydrogen (secondary N) is 1. The number of rotatable bonds is 3. The van der Waals surface area contributed by atoms with Crippen molar-refractivity contribution in [3.63, 3.8) is 0 Å². The Balaban J connectivity index is 2.74. The highest BCUT2D eigenvalue weighted by molar-refractivity contribution is 6.19. The molecule has 1 N–H and O–H groups in total. The third kappa shape index (κ3) is 2.37. The molecule has 1 aromatic carbocycles. The molecule has 3 heteroatoms. The lowest BCUT2D eigenvalue weighted by molar-refractivity contribution is 0.753. The van der Waals surface area contributed by atoms with Crippen LogP contribution in [0.2, 0.25) is 0 Å². The van der Waals surface area contributed by atoms with Gasteiger partial charge in [-0.2, -0.15) is 0 Å². The van der Waals surface area contributed by atoms with Crippen LogP contribution in [0.3, 0.4) is 0 Å². The van der Waals surface area contributed by atoms with Crippen LogP contribution in [0.15, 0.2) is 30.3 Å². The van der Waals surface area contributed by atoms with E-state index in [-0.39, 0.29) is 6.04 Å². The van der Waals surface area contributed by atoms with Crippen molar-refractivity contribution in [3.8, 4) is 0 Å². The van der Waals surface area contributed by atoms with Gasteiger partial charge in [0.25, 0.3) is 0 Å². The van der Waals surface area contributed by atoms with Crippen LogP contribution >= 0.6 is 23.4 Å². The largest absolute Gasteiger partial charge is 0.225 e. The van der Waals surface area contributed by atoms with Gasteiger partial charge in [0.15, 0.2) is 0 Å². The van der Waals surface area contributed by atoms with Crippen LogP contribution in [-0.2, 0) is 0 Å². The third-order valence-corrected chi connectivity index (χ3v) is 2.06. The molecule has 1 nitrogen and oxygen atoms in total. The fourth-order valence-electron chi connectivity index (χ4n) is 0.867. The van der Waals surface area contributed by atoms with Gasteiger partial charge in [0.05, 0.1) is 6.04 Å². The van der Waals surface area contributed by atoms with E-state index in [1.165, 1.54) is 0 Å². The van der Waals surface area contributed by atoms with Crippen LogP contribution in [-0.4, -0.2) is 5.88 Å². The van der Waals surface area contributed by atoms with Gasteiger partial charge in [-0.25, -0.2) is 4.84 Å². The summed E-state index contributed by atoms with van der Waals surface area (Å²) in [6.07, 6.45) is 0. The Bertz CT molecular complexity index is 197. The number of halogens is 2. The van der Waals surface area contributed by atoms with Gasteiger partial charge in [0.1, 0.15) is 0 Å². The lowest BCUT2D eigenvalue weighted by Crippen LogP contribution is -2.12. The van der Waals surface area contributed by atoms with Crippen molar-refractivity contribution in [3.05, 3.63) is 35.9 Å². The first kappa shape index (κ1) is 8.85. The zero-order chi connectivity index (χ0) is 8.10. The monoisotopic (exact) mass is 189 g/mol. The van der Waals surface area contributed by atoms with Crippen molar-refractivity contribution < 1.29 is 0 Å². The molecule has 0 saturated heterocycles. The maximum absolute atomic E-state index is 5.66. The Labute approximate surface area is 76.4 Å². The summed E-state index contributed by atoms with van der Waals surface area (Å²) in [6, 6.07) is 9.90. The normalized spacial score (nSPS) is 12.9. The minimum atomic E-state index is 0.0412. The Morgan fingerprint density at radius 3 is 2.36 bits per heavy atom. The van der Waals surface area contributed by atoms with E-state index in [1.807, 2.05) is 30.3 Å². The standard InChI is InChI=1S/C8H9Cl2N/c9-6-8(11-10)7-4-2-1-3-5-7/h1-5,8,11H,6H2. The minimum absolute atomic E-state index is 0.0412. The summed E-state index contributed by atoms with van der Waals surface area (Å²) >= 11 is 11.1. The van der Waals surface area contributed by atoms with Crippen LogP contribution in [0.25, 0.3) is 0 Å². The van der Waals surface area contributed by atoms with Crippen molar-refractivity contribution in [2.75, 3.05) is 5.88 Å². The molecule has 0 radical (unpaired) electrons. The van der Waals surface area contributed by atoms with Crippen LogP contribution in [0.4, 0.5) is 0 Å². The Hall–Kier alpha value is -0.240. The van der Waals surface area contributed by atoms with E-state index in [9.17, 15) is 0 Å². The molecule has 0 aliphatic heterocycles. The molecule has 0 fully saturated rings. The van der Waals surface area contributed by atoms with Crippen molar-refractivity contribution in [1.82, 2.24) is 4.84 Å². The molecule has 1 unspecified atom stereocenters. The van der Waals surface area contributed by atoms with Crippen LogP contribution in [0.5, 0.6) is 0 Å². The Morgan fingerprint density at radius 1 is 1.27 bits per heavy atom. The zero-order valence-electron chi connectivity index (χ0n) is 5.93. The fraction of sp³-hybridized carbons (Fsp3) is 0.250. The molecule has 0 heterocycles. The number of hydrogen-bond donors (Lipinski definition) is 1. The highest BCUT2D eigenvalue weighted by Crippen LogP contribution is 2.13. The first-order chi connectivity index (χ1) is 5.38. The molecule has 0 aliphatic carbocycles. The fourth-order valence-corrected chi connectivity index (χ4v) is 1.40. The second kappa shape index (κ2) is 4.60. The van der Waals surface area contributed by atoms with E-state index in [0.29, 0.717) is 5.88 Å². The molecular formula is C8H9Cl2N. The van der Waals surface area contributed by atoms with Gasteiger partial charge in [-0.1, -0.05) is 30.3 Å². The molecule has 0 aliphatic rings. The average molecular weight is 190 g/mol. The molecule has 0 bridgehead atoms. The summed E-state index contributed by atoms with van der Waals surface area (Å²) in [6.45, 7) is 0. The second-order valence-electron chi connectivity index (χ2n) is 2.23. The third-order valence-electron chi connectivity index (χ3n) is 1.49. The van der Waals surface area contributed by atoms with E-state index in [0.717, 1.165) is 5.56 Å². The summed E-state index contributed by atoms with van der Waals surface area (Å²) in [7, 11) is 0. The smallest absolute Gasteiger partial charge is 0.0605 e. The lowest BCUT2D eigenvalue weighted by atomic mass is 10.1. The second-order valence-corrected chi connectivity index (χ2v) is 2.75. The van der Waals surface area contributed by atoms with Gasteiger partial charge < -0.3 is 0 Å². The first-order valence-electron chi connectivity index (χ1n) is 3.35. The summed E-state index contributed by atoms with van der Waals surface area (Å²) < 4.78 is 0. The number of hydrogen-bond acceptors (Lipinski definition) is 1. The molecule has 0 spiro atoms. The SMILES string of the molecule is ClCC(NCl)c1ccccc1. The van der Waals surface area contributed by atoms with Crippen molar-refractivity contribution >= 4 is 23.4 Å². The summed E-state index contributed by atoms with van der Waals surface area (Å²) in [5.41, 5.74) is 1.11. The molecule has 0 amide bonds. The van der Waals surface area contributed by atoms with Crippen molar-refractivity contribution in [1.29, 1.82) is 0 Å². The topological polar surface area (TPSA) is 12.0 Å². The van der Waals surface area contributed by atoms with Gasteiger partial charge in [0, 0.05) is 5.88 Å². The van der Waals surface area contributed by atoms with Gasteiger partial charge in [-0.3, -0.25) is 0 Å². The van der Waals surface area contributed by atoms with Crippen LogP contribution < -0.4 is 4.84 Å². The highest BCUT2D eigenvalue weighted by Gasteiger charge is 2.06. The minimum Gasteiger partial charge on any atom is -0.225 e. The van der Waals surface area contributed by atoms with E-state index < -0.39 is 0 Å². The summed E-state index contributed by atoms with van der Waals surface area (Å²) in [5.74, 6) is 0.480. The molecule has 60 valence electrons. The molecule has 11 heavy (non-hydrogen) atoms. The van der Waals surface area contributed by atoms with E-state index in [1.54, 1.807) is 0 Å². The quantitative estimate of drug-likeness (QED) is 0.570. The maximum atomic E-state index is 5.66. The molecule has 1 atom stereocenters. The van der Waals surface area contributed by atoms with Crippen LogP contribution in [0, 0.1) is 0 Å². The highest BCUT2D eigenvalue weighted by atomic mass is 35.5. The Morgan fingerprint density at radius 2 is 1.91 bits per heavy atom. The number of benzene rings is 1. The van der Waals surface area contributed by atoms with Gasteiger partial charge in [-0.15, -0.1) is 11.6 Å². The predicted octanol–water partition coefficient (Wildman–Crippen LogP) is 2.71. The molecule has 0 saturated carbocycles. The molecule has 0 aromatic heterocycles.